The minimum Gasteiger partial charge on any atom is -0.444 e. The predicted octanol–water partition coefficient (Wildman–Crippen LogP) is 1.75. The van der Waals surface area contributed by atoms with Gasteiger partial charge in [0.15, 0.2) is 5.79 Å². The Kier molecular flexibility index (Phi) is 4.75. The second-order valence-corrected chi connectivity index (χ2v) is 7.76. The third kappa shape index (κ3) is 3.67. The monoisotopic (exact) mass is 340 g/mol. The van der Waals surface area contributed by atoms with Crippen LogP contribution in [0.4, 0.5) is 4.79 Å². The van der Waals surface area contributed by atoms with Crippen LogP contribution in [-0.2, 0) is 19.0 Å². The van der Waals surface area contributed by atoms with Gasteiger partial charge in [-0.25, -0.2) is 4.79 Å². The highest BCUT2D eigenvalue weighted by Gasteiger charge is 2.44. The van der Waals surface area contributed by atoms with Gasteiger partial charge in [0.25, 0.3) is 0 Å². The zero-order valence-corrected chi connectivity index (χ0v) is 14.9. The molecule has 7 nitrogen and oxygen atoms in total. The summed E-state index contributed by atoms with van der Waals surface area (Å²) in [6.07, 6.45) is 2.52. The molecule has 7 heteroatoms. The van der Waals surface area contributed by atoms with Gasteiger partial charge >= 0.3 is 6.09 Å². The molecule has 0 saturated carbocycles. The maximum Gasteiger partial charge on any atom is 0.410 e. The van der Waals surface area contributed by atoms with Gasteiger partial charge < -0.3 is 19.1 Å². The smallest absolute Gasteiger partial charge is 0.410 e. The van der Waals surface area contributed by atoms with Crippen LogP contribution >= 0.6 is 0 Å². The number of likely N-dealkylation sites (tertiary alicyclic amines) is 2. The Morgan fingerprint density at radius 3 is 2.29 bits per heavy atom. The Bertz CT molecular complexity index is 486. The minimum absolute atomic E-state index is 0.0196. The first-order valence-corrected chi connectivity index (χ1v) is 8.86. The van der Waals surface area contributed by atoms with Gasteiger partial charge in [-0.2, -0.15) is 0 Å². The number of rotatable bonds is 1. The van der Waals surface area contributed by atoms with Crippen LogP contribution in [-0.4, -0.2) is 72.1 Å². The summed E-state index contributed by atoms with van der Waals surface area (Å²) in [6.45, 7) is 8.56. The third-order valence-corrected chi connectivity index (χ3v) is 4.82. The first kappa shape index (κ1) is 17.5. The highest BCUT2D eigenvalue weighted by Crippen LogP contribution is 2.32. The lowest BCUT2D eigenvalue weighted by atomic mass is 10.0. The maximum absolute atomic E-state index is 12.9. The molecule has 3 heterocycles. The van der Waals surface area contributed by atoms with E-state index in [1.165, 1.54) is 0 Å². The standard InChI is InChI=1S/C17H28N2O5/c1-16(2,3)24-15(21)19-8-4-5-13(19)14(20)18-9-6-17(7-10-18)22-11-12-23-17/h13H,4-12H2,1-3H3/t13-/m0/s1. The molecule has 24 heavy (non-hydrogen) atoms. The number of piperidine rings is 1. The minimum atomic E-state index is -0.554. The number of nitrogens with zero attached hydrogens (tertiary/aromatic N) is 2. The molecule has 1 spiro atoms. The topological polar surface area (TPSA) is 68.3 Å². The fourth-order valence-electron chi connectivity index (χ4n) is 3.63. The lowest BCUT2D eigenvalue weighted by Crippen LogP contribution is -2.53. The average molecular weight is 340 g/mol. The summed E-state index contributed by atoms with van der Waals surface area (Å²) in [4.78, 5) is 28.7. The third-order valence-electron chi connectivity index (χ3n) is 4.82. The summed E-state index contributed by atoms with van der Waals surface area (Å²) in [5.41, 5.74) is -0.554. The molecule has 3 aliphatic heterocycles. The van der Waals surface area contributed by atoms with E-state index in [9.17, 15) is 9.59 Å². The van der Waals surface area contributed by atoms with E-state index in [1.54, 1.807) is 4.90 Å². The molecule has 0 bridgehead atoms. The van der Waals surface area contributed by atoms with Gasteiger partial charge in [0.1, 0.15) is 11.6 Å². The number of carbonyl (C=O) groups excluding carboxylic acids is 2. The van der Waals surface area contributed by atoms with Gasteiger partial charge in [-0.05, 0) is 33.6 Å². The van der Waals surface area contributed by atoms with Gasteiger partial charge in [0.05, 0.1) is 13.2 Å². The van der Waals surface area contributed by atoms with E-state index >= 15 is 0 Å². The lowest BCUT2D eigenvalue weighted by molar-refractivity contribution is -0.188. The average Bonchev–Trinajstić information content (AvgIpc) is 3.15. The van der Waals surface area contributed by atoms with Gasteiger partial charge in [0, 0.05) is 32.5 Å². The Labute approximate surface area is 143 Å². The predicted molar refractivity (Wildman–Crippen MR) is 86.4 cm³/mol. The summed E-state index contributed by atoms with van der Waals surface area (Å²) in [6, 6.07) is -0.403. The van der Waals surface area contributed by atoms with Crippen LogP contribution in [0, 0.1) is 0 Å². The van der Waals surface area contributed by atoms with Crippen LogP contribution in [0.25, 0.3) is 0 Å². The summed E-state index contributed by atoms with van der Waals surface area (Å²) in [7, 11) is 0. The van der Waals surface area contributed by atoms with E-state index in [-0.39, 0.29) is 5.91 Å². The van der Waals surface area contributed by atoms with E-state index in [0.29, 0.717) is 52.1 Å². The van der Waals surface area contributed by atoms with Crippen LogP contribution in [0.3, 0.4) is 0 Å². The van der Waals surface area contributed by atoms with Crippen molar-refractivity contribution in [2.24, 2.45) is 0 Å². The van der Waals surface area contributed by atoms with Crippen molar-refractivity contribution in [1.82, 2.24) is 9.80 Å². The van der Waals surface area contributed by atoms with Gasteiger partial charge in [0.2, 0.25) is 5.91 Å². The Morgan fingerprint density at radius 1 is 1.08 bits per heavy atom. The molecule has 0 aromatic rings. The van der Waals surface area contributed by atoms with E-state index < -0.39 is 23.5 Å². The molecule has 3 saturated heterocycles. The molecule has 1 atom stereocenters. The first-order chi connectivity index (χ1) is 11.3. The van der Waals surface area contributed by atoms with E-state index in [1.807, 2.05) is 25.7 Å². The molecule has 3 fully saturated rings. The number of ether oxygens (including phenoxy) is 3. The molecule has 0 aromatic carbocycles. The van der Waals surface area contributed by atoms with Crippen molar-refractivity contribution in [3.8, 4) is 0 Å². The van der Waals surface area contributed by atoms with E-state index in [0.717, 1.165) is 6.42 Å². The molecule has 136 valence electrons. The van der Waals surface area contributed by atoms with Gasteiger partial charge in [-0.1, -0.05) is 0 Å². The summed E-state index contributed by atoms with van der Waals surface area (Å²) in [5, 5.41) is 0. The molecule has 3 aliphatic rings. The van der Waals surface area contributed by atoms with Crippen molar-refractivity contribution in [2.45, 2.75) is 63.9 Å². The van der Waals surface area contributed by atoms with Crippen LogP contribution in [0.15, 0.2) is 0 Å². The summed E-state index contributed by atoms with van der Waals surface area (Å²) < 4.78 is 16.9. The molecule has 0 unspecified atom stereocenters. The number of amides is 2. The fraction of sp³-hybridized carbons (Fsp3) is 0.882. The number of hydrogen-bond acceptors (Lipinski definition) is 5. The summed E-state index contributed by atoms with van der Waals surface area (Å²) in [5.74, 6) is -0.469. The molecular weight excluding hydrogens is 312 g/mol. The fourth-order valence-corrected chi connectivity index (χ4v) is 3.63. The second kappa shape index (κ2) is 6.52. The quantitative estimate of drug-likeness (QED) is 0.727. The van der Waals surface area contributed by atoms with Crippen molar-refractivity contribution in [3.63, 3.8) is 0 Å². The maximum atomic E-state index is 12.9. The van der Waals surface area contributed by atoms with Crippen LogP contribution in [0.5, 0.6) is 0 Å². The van der Waals surface area contributed by atoms with E-state index in [2.05, 4.69) is 0 Å². The SMILES string of the molecule is CC(C)(C)OC(=O)N1CCC[C@H]1C(=O)N1CCC2(CC1)OCCO2. The zero-order chi connectivity index (χ0) is 17.4. The van der Waals surface area contributed by atoms with Crippen LogP contribution in [0.2, 0.25) is 0 Å². The number of hydrogen-bond donors (Lipinski definition) is 0. The highest BCUT2D eigenvalue weighted by atomic mass is 16.7. The molecule has 0 aromatic heterocycles. The van der Waals surface area contributed by atoms with Crippen molar-refractivity contribution in [1.29, 1.82) is 0 Å². The lowest BCUT2D eigenvalue weighted by Gasteiger charge is -2.39. The van der Waals surface area contributed by atoms with Crippen molar-refractivity contribution in [2.75, 3.05) is 32.8 Å². The molecule has 0 N–H and O–H groups in total. The Hall–Kier alpha value is -1.34. The van der Waals surface area contributed by atoms with Gasteiger partial charge in [-0.3, -0.25) is 9.69 Å². The van der Waals surface area contributed by atoms with E-state index in [4.69, 9.17) is 14.2 Å². The largest absolute Gasteiger partial charge is 0.444 e. The first-order valence-electron chi connectivity index (χ1n) is 8.86. The Balaban J connectivity index is 1.59. The van der Waals surface area contributed by atoms with Crippen LogP contribution < -0.4 is 0 Å². The second-order valence-electron chi connectivity index (χ2n) is 7.76. The molecule has 0 aliphatic carbocycles. The molecular formula is C17H28N2O5. The van der Waals surface area contributed by atoms with Crippen molar-refractivity contribution < 1.29 is 23.8 Å². The normalized spacial score (nSPS) is 26.9. The zero-order valence-electron chi connectivity index (χ0n) is 14.9. The van der Waals surface area contributed by atoms with Crippen LogP contribution in [0.1, 0.15) is 46.5 Å². The van der Waals surface area contributed by atoms with Crippen molar-refractivity contribution in [3.05, 3.63) is 0 Å². The molecule has 0 radical (unpaired) electrons. The Morgan fingerprint density at radius 2 is 1.71 bits per heavy atom. The summed E-state index contributed by atoms with van der Waals surface area (Å²) >= 11 is 0. The van der Waals surface area contributed by atoms with Crippen molar-refractivity contribution >= 4 is 12.0 Å². The number of carbonyl (C=O) groups is 2. The van der Waals surface area contributed by atoms with Gasteiger partial charge in [-0.15, -0.1) is 0 Å². The highest BCUT2D eigenvalue weighted by molar-refractivity contribution is 5.86. The molecule has 3 rings (SSSR count). The molecule has 2 amide bonds.